The maximum atomic E-state index is 13.1. The summed E-state index contributed by atoms with van der Waals surface area (Å²) >= 11 is 5.87. The Kier molecular flexibility index (Phi) is 6.16. The van der Waals surface area contributed by atoms with Gasteiger partial charge in [0.2, 0.25) is 0 Å². The van der Waals surface area contributed by atoms with Crippen LogP contribution >= 0.6 is 11.6 Å². The van der Waals surface area contributed by atoms with Gasteiger partial charge in [0.25, 0.3) is 11.8 Å². The average Bonchev–Trinajstić information content (AvgIpc) is 3.19. The molecule has 1 aromatic heterocycles. The van der Waals surface area contributed by atoms with Crippen molar-refractivity contribution in [2.75, 3.05) is 26.2 Å². The smallest absolute Gasteiger partial charge is 0.335 e. The Morgan fingerprint density at radius 1 is 0.939 bits per heavy atom. The fourth-order valence-electron chi connectivity index (χ4n) is 3.75. The number of alkyl halides is 3. The Morgan fingerprint density at radius 3 is 2.15 bits per heavy atom. The summed E-state index contributed by atoms with van der Waals surface area (Å²) in [5, 5.41) is 4.69. The molecule has 1 aliphatic rings. The molecule has 1 aliphatic heterocycles. The quantitative estimate of drug-likeness (QED) is 0.561. The predicted molar refractivity (Wildman–Crippen MR) is 117 cm³/mol. The van der Waals surface area contributed by atoms with Gasteiger partial charge in [-0.05, 0) is 49.4 Å². The van der Waals surface area contributed by atoms with Crippen LogP contribution in [0.3, 0.4) is 0 Å². The minimum atomic E-state index is -4.47. The van der Waals surface area contributed by atoms with E-state index in [4.69, 9.17) is 11.6 Å². The summed E-state index contributed by atoms with van der Waals surface area (Å²) in [5.41, 5.74) is 0.713. The van der Waals surface area contributed by atoms with E-state index in [1.165, 1.54) is 23.0 Å². The Bertz CT molecular complexity index is 1180. The van der Waals surface area contributed by atoms with E-state index in [2.05, 4.69) is 5.10 Å². The lowest BCUT2D eigenvalue weighted by Crippen LogP contribution is -2.50. The zero-order chi connectivity index (χ0) is 23.8. The summed E-state index contributed by atoms with van der Waals surface area (Å²) in [6, 6.07) is 11.4. The summed E-state index contributed by atoms with van der Waals surface area (Å²) in [6.45, 7) is 3.06. The zero-order valence-corrected chi connectivity index (χ0v) is 18.4. The Morgan fingerprint density at radius 2 is 1.55 bits per heavy atom. The van der Waals surface area contributed by atoms with E-state index in [0.29, 0.717) is 48.0 Å². The number of carbonyl (C=O) groups excluding carboxylic acids is 2. The topological polar surface area (TPSA) is 58.4 Å². The minimum Gasteiger partial charge on any atom is -0.335 e. The van der Waals surface area contributed by atoms with Gasteiger partial charge in [0.1, 0.15) is 0 Å². The van der Waals surface area contributed by atoms with E-state index in [9.17, 15) is 22.8 Å². The molecule has 172 valence electrons. The van der Waals surface area contributed by atoms with Gasteiger partial charge in [-0.2, -0.15) is 18.3 Å². The van der Waals surface area contributed by atoms with Gasteiger partial charge in [-0.15, -0.1) is 0 Å². The molecule has 0 aliphatic carbocycles. The highest BCUT2D eigenvalue weighted by molar-refractivity contribution is 6.30. The highest BCUT2D eigenvalue weighted by atomic mass is 35.5. The normalized spacial score (nSPS) is 14.5. The van der Waals surface area contributed by atoms with Crippen LogP contribution in [-0.4, -0.2) is 57.6 Å². The molecular weight excluding hydrogens is 457 g/mol. The average molecular weight is 477 g/mol. The molecular formula is C23H20ClF3N4O2. The van der Waals surface area contributed by atoms with Crippen LogP contribution in [0.2, 0.25) is 5.02 Å². The molecule has 1 saturated heterocycles. The van der Waals surface area contributed by atoms with Crippen molar-refractivity contribution < 1.29 is 22.8 Å². The zero-order valence-electron chi connectivity index (χ0n) is 17.6. The number of amides is 2. The highest BCUT2D eigenvalue weighted by Gasteiger charge is 2.31. The number of halogens is 4. The molecule has 4 rings (SSSR count). The molecule has 2 aromatic carbocycles. The molecule has 0 atom stereocenters. The molecule has 1 fully saturated rings. The van der Waals surface area contributed by atoms with Crippen LogP contribution in [0.25, 0.3) is 5.69 Å². The van der Waals surface area contributed by atoms with Crippen molar-refractivity contribution in [3.63, 3.8) is 0 Å². The number of aromatic nitrogens is 2. The van der Waals surface area contributed by atoms with Crippen molar-refractivity contribution in [1.29, 1.82) is 0 Å². The molecule has 0 bridgehead atoms. The summed E-state index contributed by atoms with van der Waals surface area (Å²) in [7, 11) is 0. The molecule has 6 nitrogen and oxygen atoms in total. The third-order valence-electron chi connectivity index (χ3n) is 5.60. The Labute approximate surface area is 193 Å². The number of benzene rings is 2. The van der Waals surface area contributed by atoms with Gasteiger partial charge >= 0.3 is 6.18 Å². The third-order valence-corrected chi connectivity index (χ3v) is 5.86. The molecule has 2 heterocycles. The summed E-state index contributed by atoms with van der Waals surface area (Å²) in [4.78, 5) is 29.0. The van der Waals surface area contributed by atoms with E-state index in [1.54, 1.807) is 41.0 Å². The molecule has 0 radical (unpaired) electrons. The third kappa shape index (κ3) is 4.73. The molecule has 3 aromatic rings. The van der Waals surface area contributed by atoms with Crippen molar-refractivity contribution in [3.05, 3.63) is 82.1 Å². The number of piperazine rings is 1. The van der Waals surface area contributed by atoms with Gasteiger partial charge in [0, 0.05) is 36.8 Å². The molecule has 0 N–H and O–H groups in total. The second-order valence-corrected chi connectivity index (χ2v) is 8.13. The maximum Gasteiger partial charge on any atom is 0.416 e. The van der Waals surface area contributed by atoms with Crippen molar-refractivity contribution in [2.24, 2.45) is 0 Å². The summed E-state index contributed by atoms with van der Waals surface area (Å²) in [5.74, 6) is -0.406. The first-order valence-electron chi connectivity index (χ1n) is 10.2. The van der Waals surface area contributed by atoms with E-state index in [1.807, 2.05) is 0 Å². The molecule has 2 amide bonds. The van der Waals surface area contributed by atoms with Crippen molar-refractivity contribution in [2.45, 2.75) is 13.1 Å². The molecule has 10 heteroatoms. The fourth-order valence-corrected chi connectivity index (χ4v) is 3.88. The number of carbonyl (C=O) groups is 2. The second kappa shape index (κ2) is 8.90. The lowest BCUT2D eigenvalue weighted by atomic mass is 10.1. The number of hydrogen-bond acceptors (Lipinski definition) is 3. The van der Waals surface area contributed by atoms with E-state index < -0.39 is 11.7 Å². The fraction of sp³-hybridized carbons (Fsp3) is 0.261. The number of hydrogen-bond donors (Lipinski definition) is 0. The second-order valence-electron chi connectivity index (χ2n) is 7.69. The van der Waals surface area contributed by atoms with Crippen LogP contribution in [0, 0.1) is 6.92 Å². The standard InChI is InChI=1S/C23H20ClF3N4O2/c1-15-20(14-28-31(15)19-4-2-3-17(13-19)23(25,26)27)22(33)30-11-9-29(10-12-30)21(32)16-5-7-18(24)8-6-16/h2-8,13-14H,9-12H2,1H3. The Balaban J connectivity index is 1.45. The lowest BCUT2D eigenvalue weighted by molar-refractivity contribution is -0.137. The molecule has 33 heavy (non-hydrogen) atoms. The Hall–Kier alpha value is -3.33. The van der Waals surface area contributed by atoms with Gasteiger partial charge < -0.3 is 9.80 Å². The largest absolute Gasteiger partial charge is 0.416 e. The van der Waals surface area contributed by atoms with Crippen LogP contribution in [0.5, 0.6) is 0 Å². The summed E-state index contributed by atoms with van der Waals surface area (Å²) in [6.07, 6.45) is -3.11. The summed E-state index contributed by atoms with van der Waals surface area (Å²) < 4.78 is 40.5. The van der Waals surface area contributed by atoms with Gasteiger partial charge in [-0.25, -0.2) is 4.68 Å². The van der Waals surface area contributed by atoms with Crippen LogP contribution in [0.4, 0.5) is 13.2 Å². The van der Waals surface area contributed by atoms with E-state index >= 15 is 0 Å². The van der Waals surface area contributed by atoms with Gasteiger partial charge in [0.15, 0.2) is 0 Å². The van der Waals surface area contributed by atoms with Crippen LogP contribution in [0.15, 0.2) is 54.7 Å². The molecule has 0 saturated carbocycles. The first-order chi connectivity index (χ1) is 15.6. The van der Waals surface area contributed by atoms with Gasteiger partial charge in [-0.3, -0.25) is 9.59 Å². The number of rotatable bonds is 3. The first-order valence-corrected chi connectivity index (χ1v) is 10.6. The monoisotopic (exact) mass is 476 g/mol. The molecule has 0 spiro atoms. The van der Waals surface area contributed by atoms with Gasteiger partial charge in [-0.1, -0.05) is 17.7 Å². The van der Waals surface area contributed by atoms with Crippen LogP contribution in [-0.2, 0) is 6.18 Å². The van der Waals surface area contributed by atoms with E-state index in [0.717, 1.165) is 12.1 Å². The van der Waals surface area contributed by atoms with Crippen LogP contribution in [0.1, 0.15) is 32.0 Å². The highest BCUT2D eigenvalue weighted by Crippen LogP contribution is 2.30. The number of nitrogens with zero attached hydrogens (tertiary/aromatic N) is 4. The lowest BCUT2D eigenvalue weighted by Gasteiger charge is -2.34. The maximum absolute atomic E-state index is 13.1. The van der Waals surface area contributed by atoms with Crippen molar-refractivity contribution in [3.8, 4) is 5.69 Å². The van der Waals surface area contributed by atoms with Crippen LogP contribution < -0.4 is 0 Å². The first kappa shape index (κ1) is 22.8. The van der Waals surface area contributed by atoms with Crippen molar-refractivity contribution in [1.82, 2.24) is 19.6 Å². The predicted octanol–water partition coefficient (Wildman–Crippen LogP) is 4.45. The minimum absolute atomic E-state index is 0.132. The molecule has 0 unspecified atom stereocenters. The van der Waals surface area contributed by atoms with Gasteiger partial charge in [0.05, 0.1) is 28.7 Å². The van der Waals surface area contributed by atoms with Crippen molar-refractivity contribution >= 4 is 23.4 Å². The van der Waals surface area contributed by atoms with E-state index in [-0.39, 0.29) is 17.5 Å². The SMILES string of the molecule is Cc1c(C(=O)N2CCN(C(=O)c3ccc(Cl)cc3)CC2)cnn1-c1cccc(C(F)(F)F)c1.